The molecule has 2 aromatic rings. The Hall–Kier alpha value is -2.01. The third-order valence-electron chi connectivity index (χ3n) is 3.42. The van der Waals surface area contributed by atoms with Crippen molar-refractivity contribution in [3.63, 3.8) is 0 Å². The van der Waals surface area contributed by atoms with E-state index >= 15 is 0 Å². The van der Waals surface area contributed by atoms with Crippen molar-refractivity contribution in [2.75, 3.05) is 5.75 Å². The number of amides is 1. The molecule has 1 aliphatic rings. The Morgan fingerprint density at radius 2 is 2.29 bits per heavy atom. The largest absolute Gasteiger partial charge is 0.463 e. The van der Waals surface area contributed by atoms with E-state index < -0.39 is 0 Å². The summed E-state index contributed by atoms with van der Waals surface area (Å²) in [6.07, 6.45) is 5.27. The Morgan fingerprint density at radius 1 is 1.38 bits per heavy atom. The van der Waals surface area contributed by atoms with Gasteiger partial charge in [0, 0.05) is 5.25 Å². The predicted octanol–water partition coefficient (Wildman–Crippen LogP) is 3.15. The number of nitrogens with one attached hydrogen (secondary N) is 1. The van der Waals surface area contributed by atoms with Crippen LogP contribution in [0.5, 0.6) is 0 Å². The van der Waals surface area contributed by atoms with Crippen LogP contribution in [-0.4, -0.2) is 17.9 Å². The average Bonchev–Trinajstić information content (AvgIpc) is 3.14. The minimum atomic E-state index is -0.0906. The molecule has 4 nitrogen and oxygen atoms in total. The first kappa shape index (κ1) is 13.9. The predicted molar refractivity (Wildman–Crippen MR) is 84.4 cm³/mol. The summed E-state index contributed by atoms with van der Waals surface area (Å²) in [5.74, 6) is 0.939. The first-order valence-corrected chi connectivity index (χ1v) is 7.92. The molecule has 108 valence electrons. The quantitative estimate of drug-likeness (QED) is 0.681. The highest BCUT2D eigenvalue weighted by Crippen LogP contribution is 2.40. The van der Waals surface area contributed by atoms with Gasteiger partial charge in [-0.2, -0.15) is 5.10 Å². The summed E-state index contributed by atoms with van der Waals surface area (Å²) in [7, 11) is 0. The summed E-state index contributed by atoms with van der Waals surface area (Å²) in [4.78, 5) is 11.8. The molecule has 1 N–H and O–H groups in total. The van der Waals surface area contributed by atoms with Crippen molar-refractivity contribution in [1.82, 2.24) is 5.43 Å². The molecule has 0 fully saturated rings. The van der Waals surface area contributed by atoms with Gasteiger partial charge >= 0.3 is 0 Å². The van der Waals surface area contributed by atoms with Crippen LogP contribution in [0.4, 0.5) is 0 Å². The van der Waals surface area contributed by atoms with Gasteiger partial charge in [-0.05, 0) is 36.1 Å². The van der Waals surface area contributed by atoms with Crippen LogP contribution in [0.3, 0.4) is 0 Å². The highest BCUT2D eigenvalue weighted by atomic mass is 32.2. The topological polar surface area (TPSA) is 54.6 Å². The smallest absolute Gasteiger partial charge is 0.250 e. The SMILES string of the molecule is O=C(CS[C@H]1CCc2ccccc21)N/N=C/c1ccco1. The van der Waals surface area contributed by atoms with E-state index in [-0.39, 0.29) is 5.91 Å². The van der Waals surface area contributed by atoms with E-state index in [0.717, 1.165) is 12.8 Å². The highest BCUT2D eigenvalue weighted by molar-refractivity contribution is 8.00. The number of hydrogen-bond donors (Lipinski definition) is 1. The van der Waals surface area contributed by atoms with E-state index in [1.807, 2.05) is 0 Å². The molecule has 21 heavy (non-hydrogen) atoms. The molecule has 1 aromatic heterocycles. The minimum Gasteiger partial charge on any atom is -0.463 e. The lowest BCUT2D eigenvalue weighted by molar-refractivity contribution is -0.118. The fraction of sp³-hybridized carbons (Fsp3) is 0.250. The lowest BCUT2D eigenvalue weighted by atomic mass is 10.1. The van der Waals surface area contributed by atoms with Crippen LogP contribution >= 0.6 is 11.8 Å². The number of hydrogen-bond acceptors (Lipinski definition) is 4. The van der Waals surface area contributed by atoms with Crippen molar-refractivity contribution in [2.45, 2.75) is 18.1 Å². The summed E-state index contributed by atoms with van der Waals surface area (Å²) in [5.41, 5.74) is 5.30. The number of fused-ring (bicyclic) bond motifs is 1. The summed E-state index contributed by atoms with van der Waals surface area (Å²) < 4.78 is 5.09. The highest BCUT2D eigenvalue weighted by Gasteiger charge is 2.22. The summed E-state index contributed by atoms with van der Waals surface area (Å²) in [6.45, 7) is 0. The number of carbonyl (C=O) groups excluding carboxylic acids is 1. The molecular formula is C16H16N2O2S. The van der Waals surface area contributed by atoms with Crippen LogP contribution in [-0.2, 0) is 11.2 Å². The molecule has 0 saturated heterocycles. The van der Waals surface area contributed by atoms with Gasteiger partial charge in [0.2, 0.25) is 5.91 Å². The summed E-state index contributed by atoms with van der Waals surface area (Å²) >= 11 is 1.67. The van der Waals surface area contributed by atoms with Crippen molar-refractivity contribution in [2.24, 2.45) is 5.10 Å². The van der Waals surface area contributed by atoms with Crippen molar-refractivity contribution in [1.29, 1.82) is 0 Å². The lowest BCUT2D eigenvalue weighted by Crippen LogP contribution is -2.20. The second-order valence-corrected chi connectivity index (χ2v) is 6.04. The molecule has 0 unspecified atom stereocenters. The van der Waals surface area contributed by atoms with Crippen molar-refractivity contribution in [3.8, 4) is 0 Å². The number of nitrogens with zero attached hydrogens (tertiary/aromatic N) is 1. The number of benzene rings is 1. The third-order valence-corrected chi connectivity index (χ3v) is 4.74. The number of thioether (sulfide) groups is 1. The Labute approximate surface area is 127 Å². The Morgan fingerprint density at radius 3 is 3.14 bits per heavy atom. The van der Waals surface area contributed by atoms with Crippen LogP contribution in [0.2, 0.25) is 0 Å². The van der Waals surface area contributed by atoms with E-state index in [1.165, 1.54) is 17.3 Å². The molecule has 5 heteroatoms. The summed E-state index contributed by atoms with van der Waals surface area (Å²) in [5, 5.41) is 4.29. The van der Waals surface area contributed by atoms with Gasteiger partial charge in [0.25, 0.3) is 0 Å². The second-order valence-electron chi connectivity index (χ2n) is 4.85. The Balaban J connectivity index is 1.46. The molecule has 0 bridgehead atoms. The van der Waals surface area contributed by atoms with Crippen LogP contribution in [0.25, 0.3) is 0 Å². The fourth-order valence-corrected chi connectivity index (χ4v) is 3.54. The van der Waals surface area contributed by atoms with E-state index in [2.05, 4.69) is 34.8 Å². The fourth-order valence-electron chi connectivity index (χ4n) is 2.43. The van der Waals surface area contributed by atoms with Crippen LogP contribution in [0.15, 0.2) is 52.2 Å². The normalized spacial score (nSPS) is 17.0. The third kappa shape index (κ3) is 3.55. The van der Waals surface area contributed by atoms with Gasteiger partial charge < -0.3 is 4.42 Å². The lowest BCUT2D eigenvalue weighted by Gasteiger charge is -2.10. The van der Waals surface area contributed by atoms with E-state index in [1.54, 1.807) is 30.2 Å². The van der Waals surface area contributed by atoms with E-state index in [0.29, 0.717) is 16.8 Å². The van der Waals surface area contributed by atoms with Gasteiger partial charge in [0.05, 0.1) is 18.2 Å². The maximum absolute atomic E-state index is 11.8. The number of rotatable bonds is 5. The monoisotopic (exact) mass is 300 g/mol. The number of furan rings is 1. The molecule has 0 aliphatic heterocycles. The first-order valence-electron chi connectivity index (χ1n) is 6.88. The zero-order valence-corrected chi connectivity index (χ0v) is 12.3. The molecule has 0 radical (unpaired) electrons. The maximum atomic E-state index is 11.8. The van der Waals surface area contributed by atoms with Crippen LogP contribution < -0.4 is 5.43 Å². The molecular weight excluding hydrogens is 284 g/mol. The number of carbonyl (C=O) groups is 1. The molecule has 0 spiro atoms. The molecule has 1 atom stereocenters. The Kier molecular flexibility index (Phi) is 4.40. The minimum absolute atomic E-state index is 0.0906. The maximum Gasteiger partial charge on any atom is 0.250 e. The van der Waals surface area contributed by atoms with Gasteiger partial charge in [-0.3, -0.25) is 4.79 Å². The van der Waals surface area contributed by atoms with Gasteiger partial charge in [-0.15, -0.1) is 11.8 Å². The van der Waals surface area contributed by atoms with E-state index in [4.69, 9.17) is 4.42 Å². The molecule has 3 rings (SSSR count). The van der Waals surface area contributed by atoms with Crippen molar-refractivity contribution in [3.05, 3.63) is 59.5 Å². The zero-order chi connectivity index (χ0) is 14.5. The molecule has 1 aliphatic carbocycles. The van der Waals surface area contributed by atoms with Crippen LogP contribution in [0.1, 0.15) is 28.6 Å². The number of aryl methyl sites for hydroxylation is 1. The van der Waals surface area contributed by atoms with Crippen LogP contribution in [0, 0.1) is 0 Å². The van der Waals surface area contributed by atoms with Crippen molar-refractivity contribution < 1.29 is 9.21 Å². The van der Waals surface area contributed by atoms with Gasteiger partial charge in [-0.1, -0.05) is 24.3 Å². The standard InChI is InChI=1S/C16H16N2O2S/c19-16(18-17-10-13-5-3-9-20-13)11-21-15-8-7-12-4-1-2-6-14(12)15/h1-6,9-10,15H,7-8,11H2,(H,18,19)/b17-10+/t15-/m0/s1. The van der Waals surface area contributed by atoms with Gasteiger partial charge in [-0.25, -0.2) is 5.43 Å². The molecule has 0 saturated carbocycles. The average molecular weight is 300 g/mol. The molecule has 1 heterocycles. The number of hydrazone groups is 1. The second kappa shape index (κ2) is 6.63. The van der Waals surface area contributed by atoms with Crippen molar-refractivity contribution >= 4 is 23.9 Å². The zero-order valence-electron chi connectivity index (χ0n) is 11.5. The molecule has 1 aromatic carbocycles. The molecule has 1 amide bonds. The van der Waals surface area contributed by atoms with Gasteiger partial charge in [0.15, 0.2) is 0 Å². The van der Waals surface area contributed by atoms with E-state index in [9.17, 15) is 4.79 Å². The Bertz CT molecular complexity index is 637. The summed E-state index contributed by atoms with van der Waals surface area (Å²) in [6, 6.07) is 12.0. The first-order chi connectivity index (χ1) is 10.3. The van der Waals surface area contributed by atoms with Gasteiger partial charge in [0.1, 0.15) is 5.76 Å².